The van der Waals surface area contributed by atoms with Crippen molar-refractivity contribution in [3.63, 3.8) is 0 Å². The molecule has 2 rings (SSSR count). The van der Waals surface area contributed by atoms with Crippen LogP contribution < -0.4 is 5.32 Å². The van der Waals surface area contributed by atoms with E-state index in [1.165, 1.54) is 31.3 Å². The van der Waals surface area contributed by atoms with E-state index in [4.69, 9.17) is 11.6 Å². The number of hydrogen-bond donors (Lipinski definition) is 1. The zero-order valence-electron chi connectivity index (χ0n) is 8.22. The van der Waals surface area contributed by atoms with Gasteiger partial charge in [-0.05, 0) is 37.2 Å². The van der Waals surface area contributed by atoms with Crippen LogP contribution in [0.2, 0.25) is 0 Å². The Balaban J connectivity index is 1.75. The van der Waals surface area contributed by atoms with Crippen LogP contribution in [0.3, 0.4) is 0 Å². The number of rotatable bonds is 3. The third kappa shape index (κ3) is 2.26. The molecule has 3 unspecified atom stereocenters. The third-order valence-electron chi connectivity index (χ3n) is 3.41. The van der Waals surface area contributed by atoms with Crippen LogP contribution in [-0.2, 0) is 0 Å². The Labute approximate surface area is 85.5 Å². The lowest BCUT2D eigenvalue weighted by molar-refractivity contribution is 0.362. The minimum absolute atomic E-state index is 0.783. The first-order valence-electron chi connectivity index (χ1n) is 5.30. The normalized spacial score (nSPS) is 38.6. The summed E-state index contributed by atoms with van der Waals surface area (Å²) >= 11 is 5.61. The highest BCUT2D eigenvalue weighted by Crippen LogP contribution is 2.49. The molecule has 2 aliphatic carbocycles. The number of nitrogens with one attached hydrogen (secondary N) is 1. The molecule has 13 heavy (non-hydrogen) atoms. The van der Waals surface area contributed by atoms with E-state index in [9.17, 15) is 0 Å². The predicted octanol–water partition coefficient (Wildman–Crippen LogP) is 2.91. The summed E-state index contributed by atoms with van der Waals surface area (Å²) in [4.78, 5) is 0. The molecule has 0 radical (unpaired) electrons. The maximum atomic E-state index is 5.61. The first-order valence-corrected chi connectivity index (χ1v) is 5.74. The molecule has 2 aliphatic rings. The van der Waals surface area contributed by atoms with Crippen molar-refractivity contribution in [2.45, 2.75) is 38.6 Å². The molecule has 0 spiro atoms. The molecule has 3 atom stereocenters. The molecule has 0 amide bonds. The lowest BCUT2D eigenvalue weighted by Crippen LogP contribution is -2.34. The van der Waals surface area contributed by atoms with Crippen molar-refractivity contribution < 1.29 is 0 Å². The second-order valence-corrected chi connectivity index (χ2v) is 4.75. The van der Waals surface area contributed by atoms with E-state index in [0.717, 1.165) is 24.4 Å². The maximum Gasteiger partial charge on any atom is 0.0176 e. The lowest BCUT2D eigenvalue weighted by atomic mass is 9.95. The standard InChI is InChI=1S/C11H18ClN/c1-8(6-12)7-13-11-4-2-3-9-5-10(9)11/h6,9-11,13H,2-5,7H2,1H3/b8-6+. The van der Waals surface area contributed by atoms with E-state index in [2.05, 4.69) is 12.2 Å². The number of hydrogen-bond acceptors (Lipinski definition) is 1. The van der Waals surface area contributed by atoms with Gasteiger partial charge in [0.1, 0.15) is 0 Å². The van der Waals surface area contributed by atoms with Gasteiger partial charge in [0.05, 0.1) is 0 Å². The molecule has 0 bridgehead atoms. The molecular formula is C11H18ClN. The predicted molar refractivity (Wildman–Crippen MR) is 56.8 cm³/mol. The van der Waals surface area contributed by atoms with Crippen LogP contribution in [0.15, 0.2) is 11.1 Å². The third-order valence-corrected chi connectivity index (χ3v) is 3.79. The summed E-state index contributed by atoms with van der Waals surface area (Å²) in [5.41, 5.74) is 2.92. The largest absolute Gasteiger partial charge is 0.310 e. The van der Waals surface area contributed by atoms with Crippen molar-refractivity contribution in [3.8, 4) is 0 Å². The van der Waals surface area contributed by atoms with Crippen molar-refractivity contribution >= 4 is 11.6 Å². The SMILES string of the molecule is C/C(=C\Cl)CNC1CCCC2CC21. The quantitative estimate of drug-likeness (QED) is 0.737. The minimum atomic E-state index is 0.783. The van der Waals surface area contributed by atoms with Gasteiger partial charge in [-0.25, -0.2) is 0 Å². The van der Waals surface area contributed by atoms with Crippen LogP contribution in [0.4, 0.5) is 0 Å². The van der Waals surface area contributed by atoms with Gasteiger partial charge in [0, 0.05) is 18.1 Å². The van der Waals surface area contributed by atoms with Gasteiger partial charge < -0.3 is 5.32 Å². The van der Waals surface area contributed by atoms with Crippen LogP contribution in [0, 0.1) is 11.8 Å². The van der Waals surface area contributed by atoms with Crippen LogP contribution in [-0.4, -0.2) is 12.6 Å². The zero-order valence-corrected chi connectivity index (χ0v) is 8.98. The van der Waals surface area contributed by atoms with Crippen LogP contribution in [0.25, 0.3) is 0 Å². The lowest BCUT2D eigenvalue weighted by Gasteiger charge is -2.22. The van der Waals surface area contributed by atoms with Gasteiger partial charge in [-0.2, -0.15) is 0 Å². The molecule has 2 heteroatoms. The summed E-state index contributed by atoms with van der Waals surface area (Å²) in [6.07, 6.45) is 5.74. The van der Waals surface area contributed by atoms with Gasteiger partial charge in [-0.3, -0.25) is 0 Å². The number of halogens is 1. The zero-order chi connectivity index (χ0) is 9.26. The van der Waals surface area contributed by atoms with Gasteiger partial charge in [-0.1, -0.05) is 24.4 Å². The Hall–Kier alpha value is -0.0100. The molecule has 0 heterocycles. The smallest absolute Gasteiger partial charge is 0.0176 e. The van der Waals surface area contributed by atoms with Crippen molar-refractivity contribution in [3.05, 3.63) is 11.1 Å². The highest BCUT2D eigenvalue weighted by molar-refractivity contribution is 6.25. The molecule has 1 nitrogen and oxygen atoms in total. The molecule has 0 aromatic rings. The summed E-state index contributed by atoms with van der Waals surface area (Å²) in [5, 5.41) is 3.61. The van der Waals surface area contributed by atoms with E-state index < -0.39 is 0 Å². The first-order chi connectivity index (χ1) is 6.31. The molecule has 1 N–H and O–H groups in total. The Kier molecular flexibility index (Phi) is 2.95. The molecule has 74 valence electrons. The Bertz CT molecular complexity index is 212. The highest BCUT2D eigenvalue weighted by atomic mass is 35.5. The molecule has 0 aromatic carbocycles. The average molecular weight is 200 g/mol. The molecule has 0 aliphatic heterocycles. The summed E-state index contributed by atoms with van der Waals surface area (Å²) in [6, 6.07) is 0.783. The van der Waals surface area contributed by atoms with Gasteiger partial charge in [0.2, 0.25) is 0 Å². The van der Waals surface area contributed by atoms with Crippen molar-refractivity contribution in [2.24, 2.45) is 11.8 Å². The van der Waals surface area contributed by atoms with Crippen molar-refractivity contribution in [1.82, 2.24) is 5.32 Å². The van der Waals surface area contributed by atoms with E-state index in [0.29, 0.717) is 0 Å². The summed E-state index contributed by atoms with van der Waals surface area (Å²) in [7, 11) is 0. The molecule has 2 saturated carbocycles. The van der Waals surface area contributed by atoms with Crippen molar-refractivity contribution in [1.29, 1.82) is 0 Å². The molecule has 0 saturated heterocycles. The van der Waals surface area contributed by atoms with Crippen molar-refractivity contribution in [2.75, 3.05) is 6.54 Å². The first kappa shape index (κ1) is 9.54. The Morgan fingerprint density at radius 2 is 2.38 bits per heavy atom. The fourth-order valence-electron chi connectivity index (χ4n) is 2.49. The molecule has 2 fully saturated rings. The van der Waals surface area contributed by atoms with Crippen LogP contribution in [0.1, 0.15) is 32.6 Å². The second-order valence-electron chi connectivity index (χ2n) is 4.53. The summed E-state index contributed by atoms with van der Waals surface area (Å²) in [6.45, 7) is 3.05. The second kappa shape index (κ2) is 4.02. The monoisotopic (exact) mass is 199 g/mol. The average Bonchev–Trinajstić information content (AvgIpc) is 2.92. The van der Waals surface area contributed by atoms with E-state index in [-0.39, 0.29) is 0 Å². The maximum absolute atomic E-state index is 5.61. The van der Waals surface area contributed by atoms with E-state index in [1.807, 2.05) is 0 Å². The Morgan fingerprint density at radius 1 is 1.54 bits per heavy atom. The van der Waals surface area contributed by atoms with Gasteiger partial charge in [-0.15, -0.1) is 0 Å². The van der Waals surface area contributed by atoms with Crippen LogP contribution >= 0.6 is 11.6 Å². The van der Waals surface area contributed by atoms with Gasteiger partial charge in [0.25, 0.3) is 0 Å². The highest BCUT2D eigenvalue weighted by Gasteiger charge is 2.44. The van der Waals surface area contributed by atoms with Gasteiger partial charge >= 0.3 is 0 Å². The number of fused-ring (bicyclic) bond motifs is 1. The van der Waals surface area contributed by atoms with Gasteiger partial charge in [0.15, 0.2) is 0 Å². The minimum Gasteiger partial charge on any atom is -0.310 e. The van der Waals surface area contributed by atoms with Crippen LogP contribution in [0.5, 0.6) is 0 Å². The summed E-state index contributed by atoms with van der Waals surface area (Å²) < 4.78 is 0. The fraction of sp³-hybridized carbons (Fsp3) is 0.818. The molecular weight excluding hydrogens is 182 g/mol. The Morgan fingerprint density at radius 3 is 3.15 bits per heavy atom. The molecule has 0 aromatic heterocycles. The topological polar surface area (TPSA) is 12.0 Å². The summed E-state index contributed by atoms with van der Waals surface area (Å²) in [5.74, 6) is 2.06. The fourth-order valence-corrected chi connectivity index (χ4v) is 2.57. The van der Waals surface area contributed by atoms with E-state index in [1.54, 1.807) is 5.54 Å². The van der Waals surface area contributed by atoms with E-state index >= 15 is 0 Å².